The molecular weight excluding hydrogens is 262 g/mol. The van der Waals surface area contributed by atoms with Crippen molar-refractivity contribution in [2.75, 3.05) is 0 Å². The van der Waals surface area contributed by atoms with Crippen LogP contribution in [0, 0.1) is 0 Å². The van der Waals surface area contributed by atoms with Gasteiger partial charge in [0.2, 0.25) is 0 Å². The summed E-state index contributed by atoms with van der Waals surface area (Å²) in [4.78, 5) is 0. The van der Waals surface area contributed by atoms with Crippen molar-refractivity contribution in [3.63, 3.8) is 0 Å². The Kier molecular flexibility index (Phi) is 2.88. The highest BCUT2D eigenvalue weighted by Gasteiger charge is 2.14. The Bertz CT molecular complexity index is 452. The second kappa shape index (κ2) is 4.16. The van der Waals surface area contributed by atoms with Crippen molar-refractivity contribution in [1.29, 1.82) is 0 Å². The minimum atomic E-state index is -0.687. The van der Waals surface area contributed by atoms with Gasteiger partial charge in [-0.2, -0.15) is 0 Å². The van der Waals surface area contributed by atoms with Gasteiger partial charge in [-0.05, 0) is 28.1 Å². The van der Waals surface area contributed by atoms with E-state index in [0.717, 1.165) is 5.69 Å². The molecule has 0 aliphatic rings. The molecule has 2 aromatic heterocycles. The van der Waals surface area contributed by atoms with Crippen LogP contribution in [0.15, 0.2) is 27.4 Å². The largest absolute Gasteiger partial charge is 0.452 e. The second-order valence-corrected chi connectivity index (χ2v) is 4.03. The first kappa shape index (κ1) is 10.4. The van der Waals surface area contributed by atoms with Gasteiger partial charge in [-0.15, -0.1) is 5.10 Å². The van der Waals surface area contributed by atoms with Gasteiger partial charge in [-0.25, -0.2) is 0 Å². The van der Waals surface area contributed by atoms with Gasteiger partial charge in [0.25, 0.3) is 0 Å². The van der Waals surface area contributed by atoms with Crippen molar-refractivity contribution in [1.82, 2.24) is 15.0 Å². The molecule has 2 rings (SSSR count). The number of aliphatic hydroxyl groups is 1. The molecule has 80 valence electrons. The molecule has 0 bridgehead atoms. The normalized spacial score (nSPS) is 13.0. The van der Waals surface area contributed by atoms with Crippen molar-refractivity contribution in [3.8, 4) is 0 Å². The summed E-state index contributed by atoms with van der Waals surface area (Å²) < 4.78 is 7.44. The van der Waals surface area contributed by atoms with E-state index >= 15 is 0 Å². The van der Waals surface area contributed by atoms with E-state index in [-0.39, 0.29) is 0 Å². The third-order valence-corrected chi connectivity index (χ3v) is 2.40. The fourth-order valence-corrected chi connectivity index (χ4v) is 1.61. The molecule has 6 heteroatoms. The first-order chi connectivity index (χ1) is 7.15. The molecule has 0 radical (unpaired) electrons. The van der Waals surface area contributed by atoms with Crippen molar-refractivity contribution in [2.24, 2.45) is 7.05 Å². The molecule has 15 heavy (non-hydrogen) atoms. The zero-order chi connectivity index (χ0) is 10.8. The molecule has 0 saturated heterocycles. The van der Waals surface area contributed by atoms with E-state index in [1.165, 1.54) is 0 Å². The van der Waals surface area contributed by atoms with E-state index in [1.54, 1.807) is 30.1 Å². The van der Waals surface area contributed by atoms with Gasteiger partial charge in [0.1, 0.15) is 11.9 Å². The lowest BCUT2D eigenvalue weighted by molar-refractivity contribution is 0.147. The van der Waals surface area contributed by atoms with E-state index in [2.05, 4.69) is 26.2 Å². The van der Waals surface area contributed by atoms with E-state index in [9.17, 15) is 5.11 Å². The van der Waals surface area contributed by atoms with Crippen LogP contribution in [-0.4, -0.2) is 20.1 Å². The highest BCUT2D eigenvalue weighted by molar-refractivity contribution is 9.10. The third kappa shape index (κ3) is 2.45. The smallest absolute Gasteiger partial charge is 0.169 e. The highest BCUT2D eigenvalue weighted by Crippen LogP contribution is 2.22. The fraction of sp³-hybridized carbons (Fsp3) is 0.333. The number of aryl methyl sites for hydroxylation is 1. The lowest BCUT2D eigenvalue weighted by atomic mass is 10.1. The molecule has 0 aliphatic heterocycles. The van der Waals surface area contributed by atoms with Gasteiger partial charge in [0.15, 0.2) is 4.67 Å². The third-order valence-electron chi connectivity index (χ3n) is 1.98. The molecule has 1 atom stereocenters. The Balaban J connectivity index is 2.06. The van der Waals surface area contributed by atoms with Gasteiger partial charge in [0.05, 0.1) is 5.69 Å². The number of aliphatic hydroxyl groups excluding tert-OH is 1. The highest BCUT2D eigenvalue weighted by atomic mass is 79.9. The molecule has 0 aromatic carbocycles. The maximum Gasteiger partial charge on any atom is 0.169 e. The summed E-state index contributed by atoms with van der Waals surface area (Å²) in [5.74, 6) is 0.521. The lowest BCUT2D eigenvalue weighted by Gasteiger charge is -2.03. The minimum Gasteiger partial charge on any atom is -0.452 e. The number of hydrogen-bond donors (Lipinski definition) is 1. The van der Waals surface area contributed by atoms with Crippen LogP contribution in [0.1, 0.15) is 17.6 Å². The van der Waals surface area contributed by atoms with E-state index in [0.29, 0.717) is 16.9 Å². The van der Waals surface area contributed by atoms with Crippen molar-refractivity contribution in [3.05, 3.63) is 34.5 Å². The molecule has 1 N–H and O–H groups in total. The average molecular weight is 272 g/mol. The molecule has 2 heterocycles. The molecular formula is C9H10BrN3O2. The van der Waals surface area contributed by atoms with Crippen LogP contribution in [0.4, 0.5) is 0 Å². The van der Waals surface area contributed by atoms with Crippen LogP contribution in [0.3, 0.4) is 0 Å². The molecule has 0 amide bonds. The van der Waals surface area contributed by atoms with Gasteiger partial charge in [-0.3, -0.25) is 4.68 Å². The standard InChI is InChI=1S/C9H10BrN3O2/c1-13-5-6(11-12-13)4-7(14)8-2-3-9(10)15-8/h2-3,5,7,14H,4H2,1H3. The maximum absolute atomic E-state index is 9.80. The SMILES string of the molecule is Cn1cc(CC(O)c2ccc(Br)o2)nn1. The Labute approximate surface area is 94.8 Å². The summed E-state index contributed by atoms with van der Waals surface area (Å²) in [7, 11) is 1.78. The average Bonchev–Trinajstić information content (AvgIpc) is 2.75. The topological polar surface area (TPSA) is 64.1 Å². The number of furan rings is 1. The van der Waals surface area contributed by atoms with Crippen LogP contribution in [0.2, 0.25) is 0 Å². The molecule has 0 aliphatic carbocycles. The van der Waals surface area contributed by atoms with Crippen molar-refractivity contribution in [2.45, 2.75) is 12.5 Å². The Morgan fingerprint density at radius 1 is 1.60 bits per heavy atom. The first-order valence-electron chi connectivity index (χ1n) is 4.43. The molecule has 0 fully saturated rings. The first-order valence-corrected chi connectivity index (χ1v) is 5.23. The van der Waals surface area contributed by atoms with E-state index in [1.807, 2.05) is 0 Å². The predicted octanol–water partition coefficient (Wildman–Crippen LogP) is 1.45. The van der Waals surface area contributed by atoms with Gasteiger partial charge in [-0.1, -0.05) is 5.21 Å². The monoisotopic (exact) mass is 271 g/mol. The predicted molar refractivity (Wildman–Crippen MR) is 56.1 cm³/mol. The van der Waals surface area contributed by atoms with Crippen LogP contribution >= 0.6 is 15.9 Å². The number of hydrogen-bond acceptors (Lipinski definition) is 4. The van der Waals surface area contributed by atoms with Crippen LogP contribution < -0.4 is 0 Å². The fourth-order valence-electron chi connectivity index (χ4n) is 1.29. The van der Waals surface area contributed by atoms with Crippen LogP contribution in [0.5, 0.6) is 0 Å². The zero-order valence-corrected chi connectivity index (χ0v) is 9.68. The number of rotatable bonds is 3. The molecule has 0 spiro atoms. The molecule has 0 saturated carbocycles. The van der Waals surface area contributed by atoms with Crippen LogP contribution in [-0.2, 0) is 13.5 Å². The summed E-state index contributed by atoms with van der Waals surface area (Å²) in [6.45, 7) is 0. The Morgan fingerprint density at radius 3 is 2.93 bits per heavy atom. The summed E-state index contributed by atoms with van der Waals surface area (Å²) in [5, 5.41) is 17.5. The molecule has 2 aromatic rings. The lowest BCUT2D eigenvalue weighted by Crippen LogP contribution is -2.00. The molecule has 5 nitrogen and oxygen atoms in total. The second-order valence-electron chi connectivity index (χ2n) is 3.25. The zero-order valence-electron chi connectivity index (χ0n) is 8.09. The van der Waals surface area contributed by atoms with E-state index < -0.39 is 6.10 Å². The Hall–Kier alpha value is -1.14. The van der Waals surface area contributed by atoms with Crippen molar-refractivity contribution < 1.29 is 9.52 Å². The van der Waals surface area contributed by atoms with Gasteiger partial charge < -0.3 is 9.52 Å². The minimum absolute atomic E-state index is 0.397. The number of halogens is 1. The summed E-state index contributed by atoms with van der Waals surface area (Å²) in [5.41, 5.74) is 0.734. The van der Waals surface area contributed by atoms with Gasteiger partial charge in [0, 0.05) is 19.7 Å². The maximum atomic E-state index is 9.80. The van der Waals surface area contributed by atoms with Crippen molar-refractivity contribution >= 4 is 15.9 Å². The summed E-state index contributed by atoms with van der Waals surface area (Å²) in [6, 6.07) is 3.47. The van der Waals surface area contributed by atoms with E-state index in [4.69, 9.17) is 4.42 Å². The number of aromatic nitrogens is 3. The summed E-state index contributed by atoms with van der Waals surface area (Å²) in [6.07, 6.45) is 1.47. The van der Waals surface area contributed by atoms with Gasteiger partial charge >= 0.3 is 0 Å². The Morgan fingerprint density at radius 2 is 2.40 bits per heavy atom. The summed E-state index contributed by atoms with van der Waals surface area (Å²) >= 11 is 3.18. The van der Waals surface area contributed by atoms with Crippen LogP contribution in [0.25, 0.3) is 0 Å². The molecule has 1 unspecified atom stereocenters. The quantitative estimate of drug-likeness (QED) is 0.918. The number of nitrogens with zero attached hydrogens (tertiary/aromatic N) is 3.